The van der Waals surface area contributed by atoms with Crippen molar-refractivity contribution in [2.24, 2.45) is 0 Å². The van der Waals surface area contributed by atoms with E-state index in [4.69, 9.17) is 0 Å². The van der Waals surface area contributed by atoms with Gasteiger partial charge in [0.25, 0.3) is 0 Å². The third-order valence-electron chi connectivity index (χ3n) is 10.5. The lowest BCUT2D eigenvalue weighted by molar-refractivity contribution is 1.18. The second kappa shape index (κ2) is 13.4. The normalized spacial score (nSPS) is 11.3. The summed E-state index contributed by atoms with van der Waals surface area (Å²) in [5, 5.41) is 4.97. The molecule has 0 fully saturated rings. The molecule has 0 atom stereocenters. The second-order valence-electron chi connectivity index (χ2n) is 13.8. The monoisotopic (exact) mass is 688 g/mol. The first-order valence-electron chi connectivity index (χ1n) is 18.5. The summed E-state index contributed by atoms with van der Waals surface area (Å²) >= 11 is 0. The minimum absolute atomic E-state index is 1.10. The Hall–Kier alpha value is -7.16. The molecule has 2 heteroatoms. The Morgan fingerprint density at radius 3 is 1.44 bits per heavy atom. The maximum Gasteiger partial charge on any atom is 0.0547 e. The number of hydrogen-bond acceptors (Lipinski definition) is 1. The van der Waals surface area contributed by atoms with Crippen molar-refractivity contribution in [3.63, 3.8) is 0 Å². The molecule has 10 aromatic rings. The fourth-order valence-electron chi connectivity index (χ4n) is 7.99. The molecule has 1 heterocycles. The lowest BCUT2D eigenvalue weighted by Gasteiger charge is -2.27. The molecule has 0 aliphatic heterocycles. The lowest BCUT2D eigenvalue weighted by atomic mass is 9.97. The highest BCUT2D eigenvalue weighted by atomic mass is 15.1. The Morgan fingerprint density at radius 1 is 0.296 bits per heavy atom. The van der Waals surface area contributed by atoms with Crippen molar-refractivity contribution < 1.29 is 0 Å². The third-order valence-corrected chi connectivity index (χ3v) is 10.5. The van der Waals surface area contributed by atoms with Gasteiger partial charge in [0.2, 0.25) is 0 Å². The van der Waals surface area contributed by atoms with Gasteiger partial charge in [-0.25, -0.2) is 0 Å². The van der Waals surface area contributed by atoms with E-state index in [1.165, 1.54) is 66.0 Å². The van der Waals surface area contributed by atoms with Crippen LogP contribution in [0, 0.1) is 0 Å². The standard InChI is InChI=1S/C52H36N2/c1-5-15-37(16-6-1)40-25-28-45(29-26-40)53(47-35-42(38-17-7-2-8-18-38)33-43(36-47)39-19-9-3-10-20-39)46-30-31-48-41(34-46)27-32-51-52(48)49-23-13-14-24-50(49)54(51)44-21-11-4-12-22-44/h1-36H. The van der Waals surface area contributed by atoms with Crippen LogP contribution in [-0.4, -0.2) is 4.57 Å². The average molecular weight is 689 g/mol. The Morgan fingerprint density at radius 2 is 0.815 bits per heavy atom. The molecule has 2 nitrogen and oxygen atoms in total. The van der Waals surface area contributed by atoms with E-state index in [1.807, 2.05) is 0 Å². The van der Waals surface area contributed by atoms with Gasteiger partial charge < -0.3 is 9.47 Å². The summed E-state index contributed by atoms with van der Waals surface area (Å²) in [7, 11) is 0. The van der Waals surface area contributed by atoms with Crippen molar-refractivity contribution in [1.29, 1.82) is 0 Å². The van der Waals surface area contributed by atoms with Gasteiger partial charge in [-0.2, -0.15) is 0 Å². The molecule has 0 bridgehead atoms. The quantitative estimate of drug-likeness (QED) is 0.162. The molecule has 54 heavy (non-hydrogen) atoms. The number of anilines is 3. The van der Waals surface area contributed by atoms with Gasteiger partial charge in [0, 0.05) is 33.5 Å². The first-order valence-corrected chi connectivity index (χ1v) is 18.5. The van der Waals surface area contributed by atoms with Crippen LogP contribution >= 0.6 is 0 Å². The second-order valence-corrected chi connectivity index (χ2v) is 13.8. The van der Waals surface area contributed by atoms with Crippen LogP contribution in [0.3, 0.4) is 0 Å². The summed E-state index contributed by atoms with van der Waals surface area (Å²) in [6.45, 7) is 0. The molecule has 9 aromatic carbocycles. The van der Waals surface area contributed by atoms with Crippen LogP contribution in [0.1, 0.15) is 0 Å². The smallest absolute Gasteiger partial charge is 0.0547 e. The topological polar surface area (TPSA) is 8.17 Å². The van der Waals surface area contributed by atoms with E-state index in [1.54, 1.807) is 0 Å². The van der Waals surface area contributed by atoms with Gasteiger partial charge in [-0.05, 0) is 111 Å². The highest BCUT2D eigenvalue weighted by Gasteiger charge is 2.19. The fourth-order valence-corrected chi connectivity index (χ4v) is 7.99. The van der Waals surface area contributed by atoms with Crippen LogP contribution in [0.5, 0.6) is 0 Å². The molecule has 0 spiro atoms. The van der Waals surface area contributed by atoms with Crippen molar-refractivity contribution in [2.75, 3.05) is 4.90 Å². The number of nitrogens with zero attached hydrogens (tertiary/aromatic N) is 2. The van der Waals surface area contributed by atoms with Crippen molar-refractivity contribution in [2.45, 2.75) is 0 Å². The number of aromatic nitrogens is 1. The van der Waals surface area contributed by atoms with E-state index < -0.39 is 0 Å². The van der Waals surface area contributed by atoms with Crippen LogP contribution in [0.25, 0.3) is 71.6 Å². The van der Waals surface area contributed by atoms with Gasteiger partial charge in [-0.3, -0.25) is 0 Å². The zero-order valence-electron chi connectivity index (χ0n) is 29.7. The van der Waals surface area contributed by atoms with Crippen molar-refractivity contribution >= 4 is 49.6 Å². The minimum atomic E-state index is 1.10. The summed E-state index contributed by atoms with van der Waals surface area (Å²) in [5.41, 5.74) is 14.0. The van der Waals surface area contributed by atoms with E-state index >= 15 is 0 Å². The predicted octanol–water partition coefficient (Wildman–Crippen LogP) is 14.4. The molecule has 0 aliphatic carbocycles. The summed E-state index contributed by atoms with van der Waals surface area (Å²) in [6.07, 6.45) is 0. The van der Waals surface area contributed by atoms with Crippen LogP contribution in [0.15, 0.2) is 218 Å². The maximum absolute atomic E-state index is 2.41. The van der Waals surface area contributed by atoms with Crippen molar-refractivity contribution in [1.82, 2.24) is 4.57 Å². The molecule has 0 radical (unpaired) electrons. The van der Waals surface area contributed by atoms with Gasteiger partial charge >= 0.3 is 0 Å². The first-order chi connectivity index (χ1) is 26.8. The van der Waals surface area contributed by atoms with E-state index in [0.717, 1.165) is 22.7 Å². The van der Waals surface area contributed by atoms with Crippen LogP contribution in [0.2, 0.25) is 0 Å². The molecule has 0 N–H and O–H groups in total. The Kier molecular flexibility index (Phi) is 7.85. The maximum atomic E-state index is 2.41. The SMILES string of the molecule is c1ccc(-c2ccc(N(c3cc(-c4ccccc4)cc(-c4ccccc4)c3)c3ccc4c(ccc5c4c4ccccc4n5-c4ccccc4)c3)cc2)cc1. The number of hydrogen-bond donors (Lipinski definition) is 0. The molecule has 0 amide bonds. The molecule has 0 saturated heterocycles. The van der Waals surface area contributed by atoms with Crippen LogP contribution in [0.4, 0.5) is 17.1 Å². The van der Waals surface area contributed by atoms with Crippen LogP contribution in [-0.2, 0) is 0 Å². The number of benzene rings is 9. The van der Waals surface area contributed by atoms with Crippen molar-refractivity contribution in [3.05, 3.63) is 218 Å². The lowest BCUT2D eigenvalue weighted by Crippen LogP contribution is -2.10. The van der Waals surface area contributed by atoms with E-state index in [0.29, 0.717) is 0 Å². The van der Waals surface area contributed by atoms with E-state index in [2.05, 4.69) is 228 Å². The Balaban J connectivity index is 1.19. The van der Waals surface area contributed by atoms with Crippen LogP contribution < -0.4 is 4.90 Å². The largest absolute Gasteiger partial charge is 0.310 e. The van der Waals surface area contributed by atoms with E-state index in [-0.39, 0.29) is 0 Å². The molecule has 0 saturated carbocycles. The highest BCUT2D eigenvalue weighted by molar-refractivity contribution is 6.21. The van der Waals surface area contributed by atoms with Gasteiger partial charge in [-0.15, -0.1) is 0 Å². The number of rotatable bonds is 7. The molecule has 0 aliphatic rings. The zero-order valence-corrected chi connectivity index (χ0v) is 29.7. The molecule has 10 rings (SSSR count). The molecular formula is C52H36N2. The predicted molar refractivity (Wildman–Crippen MR) is 229 cm³/mol. The average Bonchev–Trinajstić information content (AvgIpc) is 3.60. The number of fused-ring (bicyclic) bond motifs is 5. The first kappa shape index (κ1) is 31.6. The van der Waals surface area contributed by atoms with Gasteiger partial charge in [0.1, 0.15) is 0 Å². The summed E-state index contributed by atoms with van der Waals surface area (Å²) in [4.78, 5) is 2.41. The summed E-state index contributed by atoms with van der Waals surface area (Å²) in [5.74, 6) is 0. The van der Waals surface area contributed by atoms with Crippen molar-refractivity contribution in [3.8, 4) is 39.1 Å². The fraction of sp³-hybridized carbons (Fsp3) is 0. The molecule has 0 unspecified atom stereocenters. The van der Waals surface area contributed by atoms with Gasteiger partial charge in [0.15, 0.2) is 0 Å². The summed E-state index contributed by atoms with van der Waals surface area (Å²) < 4.78 is 2.39. The molecule has 1 aromatic heterocycles. The van der Waals surface area contributed by atoms with Gasteiger partial charge in [0.05, 0.1) is 11.0 Å². The summed E-state index contributed by atoms with van der Waals surface area (Å²) in [6, 6.07) is 78.9. The van der Waals surface area contributed by atoms with E-state index in [9.17, 15) is 0 Å². The Bertz CT molecular complexity index is 2840. The van der Waals surface area contributed by atoms with Gasteiger partial charge in [-0.1, -0.05) is 152 Å². The number of para-hydroxylation sites is 2. The molecular weight excluding hydrogens is 653 g/mol. The molecule has 254 valence electrons. The Labute approximate surface area is 315 Å². The third kappa shape index (κ3) is 5.62. The highest BCUT2D eigenvalue weighted by Crippen LogP contribution is 2.43. The zero-order chi connectivity index (χ0) is 35.8. The minimum Gasteiger partial charge on any atom is -0.310 e.